The monoisotopic (exact) mass is 482 g/mol. The van der Waals surface area contributed by atoms with Gasteiger partial charge in [-0.1, -0.05) is 84.0 Å². The molecule has 0 saturated heterocycles. The fourth-order valence-electron chi connectivity index (χ4n) is 1.89. The molecule has 0 bridgehead atoms. The van der Waals surface area contributed by atoms with Crippen molar-refractivity contribution in [2.75, 3.05) is 0 Å². The first-order valence-electron chi connectivity index (χ1n) is 11.8. The minimum atomic E-state index is -0.990. The Kier molecular flexibility index (Phi) is 25.4. The van der Waals surface area contributed by atoms with Gasteiger partial charge in [0.25, 0.3) is 0 Å². The van der Waals surface area contributed by atoms with Crippen LogP contribution in [0.3, 0.4) is 0 Å². The summed E-state index contributed by atoms with van der Waals surface area (Å²) in [6.45, 7) is 16.5. The summed E-state index contributed by atoms with van der Waals surface area (Å²) in [4.78, 5) is 28.3. The van der Waals surface area contributed by atoms with Gasteiger partial charge in [-0.25, -0.2) is 9.78 Å². The number of carbonyl (C=O) groups is 2. The second-order valence-corrected chi connectivity index (χ2v) is 5.87. The summed E-state index contributed by atoms with van der Waals surface area (Å²) >= 11 is 0. The molecular formula is C29H42N2O4. The van der Waals surface area contributed by atoms with Gasteiger partial charge >= 0.3 is 5.97 Å². The number of hydrogen-bond acceptors (Lipinski definition) is 5. The first kappa shape index (κ1) is 35.8. The molecule has 0 aliphatic carbocycles. The lowest BCUT2D eigenvalue weighted by Crippen LogP contribution is -1.97. The van der Waals surface area contributed by atoms with E-state index in [1.165, 1.54) is 26.1 Å². The molecule has 0 spiro atoms. The quantitative estimate of drug-likeness (QED) is 0.289. The highest BCUT2D eigenvalue weighted by atomic mass is 16.4. The van der Waals surface area contributed by atoms with Crippen LogP contribution in [0, 0.1) is 0 Å². The van der Waals surface area contributed by atoms with Crippen LogP contribution < -0.4 is 0 Å². The molecule has 3 aromatic rings. The van der Waals surface area contributed by atoms with Crippen molar-refractivity contribution in [3.8, 4) is 11.3 Å². The highest BCUT2D eigenvalue weighted by Crippen LogP contribution is 2.14. The normalized spacial score (nSPS) is 9.06. The Hall–Kier alpha value is -3.80. The number of Topliss-reactive ketones (excluding diaryl/α,β-unsaturated/α-hetero) is 1. The Morgan fingerprint density at radius 3 is 1.37 bits per heavy atom. The lowest BCUT2D eigenvalue weighted by molar-refractivity contribution is -0.113. The number of aromatic nitrogens is 2. The summed E-state index contributed by atoms with van der Waals surface area (Å²) in [6.07, 6.45) is 3.26. The van der Waals surface area contributed by atoms with Gasteiger partial charge in [-0.15, -0.1) is 0 Å². The van der Waals surface area contributed by atoms with Gasteiger partial charge in [0.2, 0.25) is 0 Å². The minimum absolute atomic E-state index is 0.0787. The van der Waals surface area contributed by atoms with Crippen molar-refractivity contribution >= 4 is 11.8 Å². The van der Waals surface area contributed by atoms with E-state index in [1.54, 1.807) is 19.1 Å². The van der Waals surface area contributed by atoms with E-state index in [2.05, 4.69) is 22.1 Å². The molecule has 192 valence electrons. The van der Waals surface area contributed by atoms with Crippen LogP contribution >= 0.6 is 0 Å². The molecule has 0 unspecified atom stereocenters. The number of carboxylic acid groups (broad SMARTS) is 1. The van der Waals surface area contributed by atoms with Crippen molar-refractivity contribution < 1.29 is 19.8 Å². The third-order valence-corrected chi connectivity index (χ3v) is 3.69. The Morgan fingerprint density at radius 2 is 1.09 bits per heavy atom. The molecule has 6 nitrogen and oxygen atoms in total. The molecule has 0 saturated carbocycles. The van der Waals surface area contributed by atoms with E-state index >= 15 is 0 Å². The van der Waals surface area contributed by atoms with Crippen LogP contribution in [0.4, 0.5) is 0 Å². The van der Waals surface area contributed by atoms with E-state index in [0.717, 1.165) is 11.3 Å². The lowest BCUT2D eigenvalue weighted by Gasteiger charge is -1.97. The van der Waals surface area contributed by atoms with E-state index in [-0.39, 0.29) is 17.2 Å². The Bertz CT molecular complexity index is 885. The van der Waals surface area contributed by atoms with Gasteiger partial charge < -0.3 is 10.2 Å². The molecule has 0 aliphatic rings. The van der Waals surface area contributed by atoms with Gasteiger partial charge in [0.1, 0.15) is 5.69 Å². The van der Waals surface area contributed by atoms with Gasteiger partial charge in [-0.05, 0) is 45.0 Å². The maximum atomic E-state index is 10.4. The molecule has 0 atom stereocenters. The maximum Gasteiger partial charge on any atom is 0.354 e. The van der Waals surface area contributed by atoms with E-state index in [1.807, 2.05) is 84.1 Å². The number of aliphatic hydroxyl groups excluding tert-OH is 1. The van der Waals surface area contributed by atoms with Crippen LogP contribution in [0.1, 0.15) is 72.8 Å². The van der Waals surface area contributed by atoms with Gasteiger partial charge in [-0.2, -0.15) is 0 Å². The average Bonchev–Trinajstić information content (AvgIpc) is 2.93. The van der Waals surface area contributed by atoms with Gasteiger partial charge in [0, 0.05) is 23.5 Å². The molecule has 35 heavy (non-hydrogen) atoms. The summed E-state index contributed by atoms with van der Waals surface area (Å²) in [5.41, 5.74) is 2.71. The first-order chi connectivity index (χ1) is 16.8. The number of ketones is 1. The number of pyridine rings is 2. The first-order valence-corrected chi connectivity index (χ1v) is 11.8. The Morgan fingerprint density at radius 1 is 0.629 bits per heavy atom. The van der Waals surface area contributed by atoms with E-state index in [0.29, 0.717) is 5.57 Å². The van der Waals surface area contributed by atoms with Gasteiger partial charge in [0.05, 0.1) is 11.5 Å². The number of aliphatic hydroxyl groups is 1. The number of hydrogen-bond donors (Lipinski definition) is 2. The molecule has 2 N–H and O–H groups in total. The Balaban J connectivity index is -0.000000404. The predicted octanol–water partition coefficient (Wildman–Crippen LogP) is 8.03. The summed E-state index contributed by atoms with van der Waals surface area (Å²) in [6, 6.07) is 20.8. The van der Waals surface area contributed by atoms with Crippen molar-refractivity contribution in [2.24, 2.45) is 0 Å². The van der Waals surface area contributed by atoms with Gasteiger partial charge in [0.15, 0.2) is 5.78 Å². The zero-order valence-electron chi connectivity index (χ0n) is 22.6. The third kappa shape index (κ3) is 18.3. The summed E-state index contributed by atoms with van der Waals surface area (Å²) in [7, 11) is 0. The van der Waals surface area contributed by atoms with Crippen LogP contribution in [-0.2, 0) is 4.79 Å². The summed E-state index contributed by atoms with van der Waals surface area (Å²) < 4.78 is 0. The predicted molar refractivity (Wildman–Crippen MR) is 147 cm³/mol. The topological polar surface area (TPSA) is 100 Å². The molecule has 2 aromatic heterocycles. The lowest BCUT2D eigenvalue weighted by atomic mass is 10.1. The van der Waals surface area contributed by atoms with Gasteiger partial charge in [-0.3, -0.25) is 9.78 Å². The highest BCUT2D eigenvalue weighted by molar-refractivity contribution is 5.92. The number of benzene rings is 1. The second-order valence-electron chi connectivity index (χ2n) is 5.87. The van der Waals surface area contributed by atoms with Crippen LogP contribution in [-0.4, -0.2) is 31.9 Å². The van der Waals surface area contributed by atoms with E-state index in [9.17, 15) is 9.59 Å². The van der Waals surface area contributed by atoms with Crippen molar-refractivity contribution in [3.05, 3.63) is 96.1 Å². The number of carbonyl (C=O) groups excluding carboxylic acids is 1. The second kappa shape index (κ2) is 24.8. The number of nitrogens with zero attached hydrogens (tertiary/aromatic N) is 2. The fraction of sp³-hybridized carbons (Fsp3) is 0.310. The van der Waals surface area contributed by atoms with Crippen LogP contribution in [0.2, 0.25) is 0 Å². The number of allylic oxidation sites excluding steroid dienone is 2. The van der Waals surface area contributed by atoms with Crippen molar-refractivity contribution in [1.82, 2.24) is 9.97 Å². The molecule has 0 amide bonds. The molecule has 3 rings (SSSR count). The summed E-state index contributed by atoms with van der Waals surface area (Å²) in [5.74, 6) is -0.960. The van der Waals surface area contributed by atoms with Crippen LogP contribution in [0.15, 0.2) is 90.5 Å². The molecule has 0 radical (unpaired) electrons. The Labute approximate surface area is 211 Å². The summed E-state index contributed by atoms with van der Waals surface area (Å²) in [5, 5.41) is 17.0. The maximum absolute atomic E-state index is 10.4. The molecule has 6 heteroatoms. The SMILES string of the molecule is CC.CC.CC.CC(=O)/C(C)=C(/C)O.O=C(O)c1ccccn1.c1ccc(-c2ccccn2)cc1. The number of rotatable bonds is 3. The van der Waals surface area contributed by atoms with E-state index in [4.69, 9.17) is 10.2 Å². The number of aromatic carboxylic acids is 1. The van der Waals surface area contributed by atoms with Crippen molar-refractivity contribution in [2.45, 2.75) is 62.3 Å². The minimum Gasteiger partial charge on any atom is -0.512 e. The zero-order chi connectivity index (χ0) is 27.6. The highest BCUT2D eigenvalue weighted by Gasteiger charge is 1.99. The molecule has 1 aromatic carbocycles. The van der Waals surface area contributed by atoms with Crippen molar-refractivity contribution in [3.63, 3.8) is 0 Å². The molecular weight excluding hydrogens is 440 g/mol. The zero-order valence-corrected chi connectivity index (χ0v) is 22.6. The molecule has 0 fully saturated rings. The number of carboxylic acids is 1. The van der Waals surface area contributed by atoms with Crippen LogP contribution in [0.5, 0.6) is 0 Å². The smallest absolute Gasteiger partial charge is 0.354 e. The third-order valence-electron chi connectivity index (χ3n) is 3.69. The standard InChI is InChI=1S/C11H9N.C6H5NO2.C6H10O2.3C2H6/c1-2-6-10(7-3-1)11-8-4-5-9-12-11;8-6(9)5-3-1-2-4-7-5;1-4(5(2)7)6(3)8;3*1-2/h1-9H;1-4H,(H,8,9);7H,1-3H3;3*1-2H3/b;;5-4-;;;. The van der Waals surface area contributed by atoms with Crippen LogP contribution in [0.25, 0.3) is 11.3 Å². The average molecular weight is 483 g/mol. The fourth-order valence-corrected chi connectivity index (χ4v) is 1.89. The largest absolute Gasteiger partial charge is 0.512 e. The molecule has 2 heterocycles. The van der Waals surface area contributed by atoms with E-state index < -0.39 is 5.97 Å². The van der Waals surface area contributed by atoms with Crippen molar-refractivity contribution in [1.29, 1.82) is 0 Å². The molecule has 0 aliphatic heterocycles.